The standard InChI is InChI=1S/C10H9BrN2O2/c1-6-4-3-5-8(7(6)2)13-9(11)10(14)15-12-13/h3-5H,1-2H3. The fraction of sp³-hybridized carbons (Fsp3) is 0.200. The van der Waals surface area contributed by atoms with Crippen molar-refractivity contribution >= 4 is 15.9 Å². The molecule has 15 heavy (non-hydrogen) atoms. The third-order valence-corrected chi connectivity index (χ3v) is 3.02. The molecule has 4 nitrogen and oxygen atoms in total. The van der Waals surface area contributed by atoms with Gasteiger partial charge in [-0.05, 0) is 24.1 Å². The molecule has 0 aliphatic heterocycles. The Morgan fingerprint density at radius 3 is 2.73 bits per heavy atom. The average molecular weight is 269 g/mol. The zero-order valence-corrected chi connectivity index (χ0v) is 9.91. The highest BCUT2D eigenvalue weighted by Crippen LogP contribution is 2.19. The van der Waals surface area contributed by atoms with Crippen LogP contribution >= 0.6 is 15.9 Å². The normalized spacial score (nSPS) is 10.6. The summed E-state index contributed by atoms with van der Waals surface area (Å²) in [5.41, 5.74) is 3.05. The first-order valence-electron chi connectivity index (χ1n) is 4.42. The van der Waals surface area contributed by atoms with Gasteiger partial charge in [0.15, 0.2) is 5.95 Å². The molecule has 0 fully saturated rings. The second-order valence-corrected chi connectivity index (χ2v) is 4.03. The summed E-state index contributed by atoms with van der Waals surface area (Å²) in [4.78, 5) is 0. The summed E-state index contributed by atoms with van der Waals surface area (Å²) in [5.74, 6) is -0.476. The number of halogens is 1. The highest BCUT2D eigenvalue weighted by molar-refractivity contribution is 9.10. The number of benzene rings is 1. The van der Waals surface area contributed by atoms with Crippen LogP contribution in [0.15, 0.2) is 27.3 Å². The lowest BCUT2D eigenvalue weighted by Gasteiger charge is -1.99. The van der Waals surface area contributed by atoms with Crippen LogP contribution in [-0.4, -0.2) is 5.27 Å². The monoisotopic (exact) mass is 268 g/mol. The molecule has 1 aromatic heterocycles. The first kappa shape index (κ1) is 10.2. The van der Waals surface area contributed by atoms with E-state index in [2.05, 4.69) is 25.7 Å². The van der Waals surface area contributed by atoms with Crippen LogP contribution in [0.1, 0.15) is 11.1 Å². The Labute approximate surface area is 95.2 Å². The van der Waals surface area contributed by atoms with Crippen LogP contribution in [0.3, 0.4) is 0 Å². The second kappa shape index (κ2) is 3.66. The molecule has 1 aromatic carbocycles. The number of aromatic nitrogens is 2. The van der Waals surface area contributed by atoms with Gasteiger partial charge in [-0.25, -0.2) is 0 Å². The molecule has 0 N–H and O–H groups in total. The number of aryl methyl sites for hydroxylation is 1. The van der Waals surface area contributed by atoms with E-state index in [0.717, 1.165) is 16.8 Å². The van der Waals surface area contributed by atoms with Crippen molar-refractivity contribution in [2.24, 2.45) is 0 Å². The lowest BCUT2D eigenvalue weighted by molar-refractivity contribution is -0.681. The fourth-order valence-corrected chi connectivity index (χ4v) is 1.68. The van der Waals surface area contributed by atoms with Gasteiger partial charge in [0.05, 0.1) is 5.27 Å². The van der Waals surface area contributed by atoms with Gasteiger partial charge in [-0.3, -0.25) is 0 Å². The SMILES string of the molecule is Cc1cccc(-[n+]2noc([O-])c2Br)c1C. The Bertz CT molecular complexity index is 508. The molecule has 0 spiro atoms. The summed E-state index contributed by atoms with van der Waals surface area (Å²) in [6.07, 6.45) is 0. The van der Waals surface area contributed by atoms with Gasteiger partial charge in [-0.2, -0.15) is 0 Å². The van der Waals surface area contributed by atoms with Crippen molar-refractivity contribution in [2.75, 3.05) is 0 Å². The molecule has 0 bridgehead atoms. The van der Waals surface area contributed by atoms with Crippen LogP contribution in [0, 0.1) is 13.8 Å². The minimum Gasteiger partial charge on any atom is -0.538 e. The molecule has 2 rings (SSSR count). The minimum absolute atomic E-state index is 0.302. The molecular weight excluding hydrogens is 260 g/mol. The molecule has 0 atom stereocenters. The molecule has 2 aromatic rings. The molecule has 1 heterocycles. The number of hydrogen-bond donors (Lipinski definition) is 0. The van der Waals surface area contributed by atoms with E-state index >= 15 is 0 Å². The Hall–Kier alpha value is -1.36. The highest BCUT2D eigenvalue weighted by atomic mass is 79.9. The van der Waals surface area contributed by atoms with E-state index in [1.54, 1.807) is 0 Å². The maximum atomic E-state index is 11.1. The summed E-state index contributed by atoms with van der Waals surface area (Å²) >= 11 is 3.14. The predicted molar refractivity (Wildman–Crippen MR) is 54.7 cm³/mol. The maximum absolute atomic E-state index is 11.1. The molecule has 0 aliphatic carbocycles. The lowest BCUT2D eigenvalue weighted by Crippen LogP contribution is -2.34. The number of hydrogen-bond acceptors (Lipinski definition) is 3. The number of nitrogens with zero attached hydrogens (tertiary/aromatic N) is 2. The van der Waals surface area contributed by atoms with Crippen LogP contribution in [0.4, 0.5) is 0 Å². The van der Waals surface area contributed by atoms with Crippen molar-refractivity contribution in [2.45, 2.75) is 13.8 Å². The molecule has 0 unspecified atom stereocenters. The van der Waals surface area contributed by atoms with Crippen molar-refractivity contribution in [1.29, 1.82) is 0 Å². The van der Waals surface area contributed by atoms with E-state index in [4.69, 9.17) is 0 Å². The summed E-state index contributed by atoms with van der Waals surface area (Å²) in [6, 6.07) is 5.80. The summed E-state index contributed by atoms with van der Waals surface area (Å²) in [6.45, 7) is 3.98. The van der Waals surface area contributed by atoms with Gasteiger partial charge in [0.25, 0.3) is 0 Å². The van der Waals surface area contributed by atoms with E-state index in [-0.39, 0.29) is 0 Å². The van der Waals surface area contributed by atoms with Crippen LogP contribution in [0.25, 0.3) is 5.69 Å². The molecule has 78 valence electrons. The molecule has 0 amide bonds. The van der Waals surface area contributed by atoms with Crippen LogP contribution in [0.5, 0.6) is 5.95 Å². The molecule has 5 heteroatoms. The summed E-state index contributed by atoms with van der Waals surface area (Å²) in [5, 5.41) is 14.8. The van der Waals surface area contributed by atoms with E-state index in [9.17, 15) is 5.11 Å². The van der Waals surface area contributed by atoms with Crippen LogP contribution in [0.2, 0.25) is 0 Å². The van der Waals surface area contributed by atoms with Crippen molar-refractivity contribution < 1.29 is 14.3 Å². The Balaban J connectivity index is 2.64. The van der Waals surface area contributed by atoms with Crippen LogP contribution < -0.4 is 9.79 Å². The third-order valence-electron chi connectivity index (χ3n) is 2.36. The van der Waals surface area contributed by atoms with E-state index in [1.807, 2.05) is 32.0 Å². The third kappa shape index (κ3) is 1.63. The summed E-state index contributed by atoms with van der Waals surface area (Å²) in [7, 11) is 0. The molecule has 0 aliphatic rings. The van der Waals surface area contributed by atoms with Gasteiger partial charge in [-0.15, -0.1) is 0 Å². The smallest absolute Gasteiger partial charge is 0.305 e. The van der Waals surface area contributed by atoms with Gasteiger partial charge in [0, 0.05) is 27.6 Å². The minimum atomic E-state index is -0.476. The van der Waals surface area contributed by atoms with Crippen molar-refractivity contribution in [3.8, 4) is 11.6 Å². The predicted octanol–water partition coefficient (Wildman–Crippen LogP) is 1.40. The highest BCUT2D eigenvalue weighted by Gasteiger charge is 2.20. The van der Waals surface area contributed by atoms with Crippen molar-refractivity contribution in [3.63, 3.8) is 0 Å². The van der Waals surface area contributed by atoms with E-state index < -0.39 is 5.95 Å². The molecule has 0 radical (unpaired) electrons. The van der Waals surface area contributed by atoms with Gasteiger partial charge in [0.1, 0.15) is 0 Å². The molecule has 0 saturated carbocycles. The van der Waals surface area contributed by atoms with Crippen LogP contribution in [-0.2, 0) is 0 Å². The first-order chi connectivity index (χ1) is 7.11. The zero-order chi connectivity index (χ0) is 11.0. The number of rotatable bonds is 1. The van der Waals surface area contributed by atoms with Crippen molar-refractivity contribution in [1.82, 2.24) is 5.27 Å². The molecular formula is C10H9BrN2O2. The largest absolute Gasteiger partial charge is 0.538 e. The van der Waals surface area contributed by atoms with Gasteiger partial charge in [0.2, 0.25) is 5.69 Å². The van der Waals surface area contributed by atoms with E-state index in [1.165, 1.54) is 4.68 Å². The quantitative estimate of drug-likeness (QED) is 0.735. The second-order valence-electron chi connectivity index (χ2n) is 3.28. The Kier molecular flexibility index (Phi) is 2.48. The fourth-order valence-electron chi connectivity index (χ4n) is 1.35. The topological polar surface area (TPSA) is 53.0 Å². The van der Waals surface area contributed by atoms with Gasteiger partial charge < -0.3 is 9.63 Å². The summed E-state index contributed by atoms with van der Waals surface area (Å²) < 4.78 is 6.31. The van der Waals surface area contributed by atoms with E-state index in [0.29, 0.717) is 4.60 Å². The maximum Gasteiger partial charge on any atom is 0.305 e. The zero-order valence-electron chi connectivity index (χ0n) is 8.32. The Morgan fingerprint density at radius 1 is 1.40 bits per heavy atom. The van der Waals surface area contributed by atoms with Gasteiger partial charge in [-0.1, -0.05) is 12.1 Å². The molecule has 0 saturated heterocycles. The average Bonchev–Trinajstić information content (AvgIpc) is 2.53. The first-order valence-corrected chi connectivity index (χ1v) is 5.21. The van der Waals surface area contributed by atoms with Crippen molar-refractivity contribution in [3.05, 3.63) is 33.9 Å². The van der Waals surface area contributed by atoms with Gasteiger partial charge >= 0.3 is 4.60 Å². The Morgan fingerprint density at radius 2 is 2.13 bits per heavy atom. The lowest BCUT2D eigenvalue weighted by atomic mass is 10.1.